The Bertz CT molecular complexity index is 334. The summed E-state index contributed by atoms with van der Waals surface area (Å²) in [6.45, 7) is 6.21. The summed E-state index contributed by atoms with van der Waals surface area (Å²) in [6.07, 6.45) is 0. The molecular weight excluding hydrogens is 226 g/mol. The first kappa shape index (κ1) is 13.5. The number of amides is 1. The molecule has 0 rings (SSSR count). The number of nitrogens with one attached hydrogen (secondary N) is 1. The first-order valence-corrected chi connectivity index (χ1v) is 5.79. The molecule has 2 N–H and O–H groups in total. The molecule has 0 aliphatic rings. The standard InChI is InChI=1S/C7H13NO4S2/c1-4(2)6(9)8-7(5(3)13)14(10,11)12/h5,7,13H,1H2,2-3H3,(H,8,9)(H,10,11,12). The number of hydrogen-bond acceptors (Lipinski definition) is 4. The van der Waals surface area contributed by atoms with Crippen LogP contribution in [0.15, 0.2) is 12.2 Å². The van der Waals surface area contributed by atoms with Gasteiger partial charge in [0.15, 0.2) is 5.37 Å². The molecule has 1 amide bonds. The van der Waals surface area contributed by atoms with E-state index in [2.05, 4.69) is 24.5 Å². The van der Waals surface area contributed by atoms with Crippen molar-refractivity contribution < 1.29 is 17.8 Å². The molecule has 0 bridgehead atoms. The van der Waals surface area contributed by atoms with Gasteiger partial charge in [-0.05, 0) is 6.92 Å². The molecule has 0 spiro atoms. The summed E-state index contributed by atoms with van der Waals surface area (Å²) >= 11 is 3.85. The Labute approximate surface area is 88.7 Å². The van der Waals surface area contributed by atoms with Gasteiger partial charge in [0.2, 0.25) is 5.91 Å². The summed E-state index contributed by atoms with van der Waals surface area (Å²) in [5.74, 6) is -0.631. The predicted molar refractivity (Wildman–Crippen MR) is 56.7 cm³/mol. The molecule has 7 heteroatoms. The van der Waals surface area contributed by atoms with Gasteiger partial charge in [0.1, 0.15) is 0 Å². The van der Waals surface area contributed by atoms with Gasteiger partial charge in [-0.15, -0.1) is 0 Å². The van der Waals surface area contributed by atoms with Crippen molar-refractivity contribution in [2.75, 3.05) is 0 Å². The van der Waals surface area contributed by atoms with Gasteiger partial charge in [-0.3, -0.25) is 9.35 Å². The van der Waals surface area contributed by atoms with Crippen molar-refractivity contribution in [2.24, 2.45) is 0 Å². The number of hydrogen-bond donors (Lipinski definition) is 3. The molecular formula is C7H13NO4S2. The molecule has 82 valence electrons. The number of carbonyl (C=O) groups excluding carboxylic acids is 1. The van der Waals surface area contributed by atoms with E-state index >= 15 is 0 Å². The highest BCUT2D eigenvalue weighted by Crippen LogP contribution is 2.08. The zero-order chi connectivity index (χ0) is 11.5. The van der Waals surface area contributed by atoms with Crippen LogP contribution in [0.5, 0.6) is 0 Å². The van der Waals surface area contributed by atoms with Crippen molar-refractivity contribution in [1.82, 2.24) is 5.32 Å². The Hall–Kier alpha value is -0.530. The van der Waals surface area contributed by atoms with E-state index in [1.807, 2.05) is 0 Å². The zero-order valence-electron chi connectivity index (χ0n) is 7.89. The molecule has 2 atom stereocenters. The number of rotatable bonds is 4. The first-order valence-electron chi connectivity index (χ1n) is 3.77. The Morgan fingerprint density at radius 1 is 1.57 bits per heavy atom. The Kier molecular flexibility index (Phi) is 4.63. The summed E-state index contributed by atoms with van der Waals surface area (Å²) in [4.78, 5) is 11.1. The van der Waals surface area contributed by atoms with Crippen LogP contribution in [0, 0.1) is 0 Å². The predicted octanol–water partition coefficient (Wildman–Crippen LogP) is 0.211. The average Bonchev–Trinajstić information content (AvgIpc) is 1.96. The second-order valence-electron chi connectivity index (χ2n) is 2.93. The van der Waals surface area contributed by atoms with E-state index in [-0.39, 0.29) is 5.57 Å². The second kappa shape index (κ2) is 4.81. The van der Waals surface area contributed by atoms with Crippen LogP contribution in [0.4, 0.5) is 0 Å². The monoisotopic (exact) mass is 239 g/mol. The lowest BCUT2D eigenvalue weighted by Crippen LogP contribution is -2.45. The summed E-state index contributed by atoms with van der Waals surface area (Å²) in [7, 11) is -4.34. The lowest BCUT2D eigenvalue weighted by Gasteiger charge is -2.18. The Balaban J connectivity index is 4.74. The molecule has 0 fully saturated rings. The highest BCUT2D eigenvalue weighted by atomic mass is 32.2. The van der Waals surface area contributed by atoms with Gasteiger partial charge in [-0.1, -0.05) is 13.5 Å². The molecule has 0 aromatic carbocycles. The summed E-state index contributed by atoms with van der Waals surface area (Å²) in [5, 5.41) is -0.0328. The highest BCUT2D eigenvalue weighted by molar-refractivity contribution is 7.88. The van der Waals surface area contributed by atoms with Crippen LogP contribution in [0.1, 0.15) is 13.8 Å². The maximum absolute atomic E-state index is 11.1. The minimum absolute atomic E-state index is 0.160. The van der Waals surface area contributed by atoms with Gasteiger partial charge >= 0.3 is 0 Å². The summed E-state index contributed by atoms with van der Waals surface area (Å²) in [6, 6.07) is 0. The fourth-order valence-electron chi connectivity index (χ4n) is 0.696. The van der Waals surface area contributed by atoms with E-state index in [9.17, 15) is 13.2 Å². The van der Waals surface area contributed by atoms with E-state index in [0.717, 1.165) is 0 Å². The molecule has 0 saturated heterocycles. The van der Waals surface area contributed by atoms with Crippen LogP contribution >= 0.6 is 12.6 Å². The molecule has 0 aliphatic carbocycles. The van der Waals surface area contributed by atoms with Gasteiger partial charge in [-0.2, -0.15) is 21.0 Å². The van der Waals surface area contributed by atoms with Crippen molar-refractivity contribution in [1.29, 1.82) is 0 Å². The molecule has 0 radical (unpaired) electrons. The third-order valence-electron chi connectivity index (χ3n) is 1.42. The van der Waals surface area contributed by atoms with E-state index in [0.29, 0.717) is 0 Å². The molecule has 2 unspecified atom stereocenters. The van der Waals surface area contributed by atoms with Crippen molar-refractivity contribution in [2.45, 2.75) is 24.5 Å². The van der Waals surface area contributed by atoms with Crippen LogP contribution in [0.2, 0.25) is 0 Å². The van der Waals surface area contributed by atoms with Crippen molar-refractivity contribution in [3.63, 3.8) is 0 Å². The molecule has 5 nitrogen and oxygen atoms in total. The summed E-state index contributed by atoms with van der Waals surface area (Å²) < 4.78 is 30.3. The van der Waals surface area contributed by atoms with E-state index in [4.69, 9.17) is 4.55 Å². The third-order valence-corrected chi connectivity index (χ3v) is 3.09. The van der Waals surface area contributed by atoms with Crippen LogP contribution in [0.3, 0.4) is 0 Å². The summed E-state index contributed by atoms with van der Waals surface area (Å²) in [5.41, 5.74) is 0.160. The second-order valence-corrected chi connectivity index (χ2v) is 5.28. The van der Waals surface area contributed by atoms with Gasteiger partial charge in [-0.25, -0.2) is 0 Å². The van der Waals surface area contributed by atoms with E-state index < -0.39 is 26.6 Å². The highest BCUT2D eigenvalue weighted by Gasteiger charge is 2.28. The van der Waals surface area contributed by atoms with Crippen molar-refractivity contribution >= 4 is 28.7 Å². The first-order chi connectivity index (χ1) is 6.16. The largest absolute Gasteiger partial charge is 0.333 e. The fraction of sp³-hybridized carbons (Fsp3) is 0.571. The topological polar surface area (TPSA) is 83.5 Å². The molecule has 0 aliphatic heterocycles. The third kappa shape index (κ3) is 4.12. The minimum atomic E-state index is -4.34. The molecule has 14 heavy (non-hydrogen) atoms. The maximum Gasteiger partial charge on any atom is 0.287 e. The van der Waals surface area contributed by atoms with Crippen molar-refractivity contribution in [3.05, 3.63) is 12.2 Å². The van der Waals surface area contributed by atoms with E-state index in [1.165, 1.54) is 13.8 Å². The lowest BCUT2D eigenvalue weighted by molar-refractivity contribution is -0.117. The minimum Gasteiger partial charge on any atom is -0.333 e. The normalized spacial score (nSPS) is 15.7. The quantitative estimate of drug-likeness (QED) is 0.372. The Morgan fingerprint density at radius 3 is 2.21 bits per heavy atom. The molecule has 0 aromatic heterocycles. The zero-order valence-corrected chi connectivity index (χ0v) is 9.60. The molecule has 0 heterocycles. The van der Waals surface area contributed by atoms with Gasteiger partial charge in [0.25, 0.3) is 10.1 Å². The maximum atomic E-state index is 11.1. The fourth-order valence-corrected chi connectivity index (χ4v) is 1.99. The van der Waals surface area contributed by atoms with Crippen LogP contribution < -0.4 is 5.32 Å². The molecule has 0 saturated carbocycles. The number of carbonyl (C=O) groups is 1. The van der Waals surface area contributed by atoms with Crippen LogP contribution in [-0.2, 0) is 14.9 Å². The Morgan fingerprint density at radius 2 is 2.00 bits per heavy atom. The van der Waals surface area contributed by atoms with Gasteiger partial charge in [0, 0.05) is 10.8 Å². The SMILES string of the molecule is C=C(C)C(=O)NC(C(C)S)S(=O)(=O)O. The van der Waals surface area contributed by atoms with E-state index in [1.54, 1.807) is 0 Å². The number of thiol groups is 1. The lowest BCUT2D eigenvalue weighted by atomic mass is 10.3. The van der Waals surface area contributed by atoms with Crippen LogP contribution in [-0.4, -0.2) is 29.5 Å². The van der Waals surface area contributed by atoms with Crippen LogP contribution in [0.25, 0.3) is 0 Å². The smallest absolute Gasteiger partial charge is 0.287 e. The van der Waals surface area contributed by atoms with Gasteiger partial charge < -0.3 is 5.32 Å². The van der Waals surface area contributed by atoms with Gasteiger partial charge in [0.05, 0.1) is 0 Å². The van der Waals surface area contributed by atoms with Crippen molar-refractivity contribution in [3.8, 4) is 0 Å². The molecule has 0 aromatic rings. The average molecular weight is 239 g/mol.